The molecule has 0 unspecified atom stereocenters. The fourth-order valence-electron chi connectivity index (χ4n) is 6.62. The van der Waals surface area contributed by atoms with Crippen molar-refractivity contribution in [3.05, 3.63) is 48.3 Å². The van der Waals surface area contributed by atoms with Crippen LogP contribution in [0.2, 0.25) is 0 Å². The number of anilines is 1. The van der Waals surface area contributed by atoms with Crippen LogP contribution in [0, 0.1) is 34.8 Å². The van der Waals surface area contributed by atoms with Gasteiger partial charge in [-0.25, -0.2) is 8.78 Å². The van der Waals surface area contributed by atoms with E-state index < -0.39 is 11.6 Å². The van der Waals surface area contributed by atoms with Gasteiger partial charge in [-0.2, -0.15) is 0 Å². The summed E-state index contributed by atoms with van der Waals surface area (Å²) in [6, 6.07) is 3.08. The normalized spacial score (nSPS) is 28.1. The number of benzene rings is 1. The fourth-order valence-corrected chi connectivity index (χ4v) is 7.38. The van der Waals surface area contributed by atoms with E-state index in [1.54, 1.807) is 0 Å². The van der Waals surface area contributed by atoms with E-state index in [1.807, 2.05) is 6.08 Å². The first-order valence-electron chi connectivity index (χ1n) is 11.3. The number of allylic oxidation sites excluding steroid dienone is 1. The molecule has 4 bridgehead atoms. The number of carbonyl (C=O) groups is 1. The lowest BCUT2D eigenvalue weighted by atomic mass is 9.49. The lowest BCUT2D eigenvalue weighted by Crippen LogP contribution is -2.47. The van der Waals surface area contributed by atoms with E-state index in [1.165, 1.54) is 56.4 Å². The number of aromatic nitrogens is 3. The summed E-state index contributed by atoms with van der Waals surface area (Å²) in [5.41, 5.74) is 0.312. The average Bonchev–Trinajstić information content (AvgIpc) is 3.08. The maximum atomic E-state index is 13.8. The predicted octanol–water partition coefficient (Wildman–Crippen LogP) is 5.23. The van der Waals surface area contributed by atoms with Crippen LogP contribution >= 0.6 is 11.8 Å². The molecule has 170 valence electrons. The number of rotatable bonds is 8. The number of amides is 1. The van der Waals surface area contributed by atoms with Crippen molar-refractivity contribution in [2.75, 3.05) is 11.1 Å². The molecular formula is C24H28F2N4OS. The predicted molar refractivity (Wildman–Crippen MR) is 120 cm³/mol. The molecule has 6 rings (SSSR count). The molecule has 4 fully saturated rings. The summed E-state index contributed by atoms with van der Waals surface area (Å²) in [4.78, 5) is 12.3. The van der Waals surface area contributed by atoms with E-state index >= 15 is 0 Å². The Morgan fingerprint density at radius 2 is 1.88 bits per heavy atom. The van der Waals surface area contributed by atoms with Crippen molar-refractivity contribution in [1.29, 1.82) is 0 Å². The van der Waals surface area contributed by atoms with Crippen molar-refractivity contribution in [2.24, 2.45) is 23.2 Å². The minimum Gasteiger partial charge on any atom is -0.323 e. The van der Waals surface area contributed by atoms with Gasteiger partial charge in [0.05, 0.1) is 11.4 Å². The number of nitrogens with one attached hydrogen (secondary N) is 1. The van der Waals surface area contributed by atoms with Gasteiger partial charge in [0.15, 0.2) is 5.16 Å². The van der Waals surface area contributed by atoms with E-state index in [2.05, 4.69) is 26.7 Å². The SMILES string of the molecule is C=CCn1c(CC23CC4CC(CC(C4)C2)C3)nnc1SCC(=O)Nc1ccc(F)cc1F. The Labute approximate surface area is 191 Å². The molecule has 2 aromatic rings. The standard InChI is InChI=1S/C24H28F2N4OS/c1-2-5-30-21(13-24-10-15-6-16(11-24)8-17(7-15)12-24)28-29-23(30)32-14-22(31)27-20-4-3-18(25)9-19(20)26/h2-4,9,15-17H,1,5-8,10-14H2,(H,27,31). The number of hydrogen-bond acceptors (Lipinski definition) is 4. The van der Waals surface area contributed by atoms with Gasteiger partial charge in [-0.15, -0.1) is 16.8 Å². The summed E-state index contributed by atoms with van der Waals surface area (Å²) in [7, 11) is 0. The summed E-state index contributed by atoms with van der Waals surface area (Å²) in [6.07, 6.45) is 10.9. The molecule has 32 heavy (non-hydrogen) atoms. The minimum absolute atomic E-state index is 0.0351. The summed E-state index contributed by atoms with van der Waals surface area (Å²) in [5.74, 6) is 1.80. The van der Waals surface area contributed by atoms with Gasteiger partial charge in [0, 0.05) is 19.0 Å². The zero-order valence-electron chi connectivity index (χ0n) is 18.0. The Hall–Kier alpha value is -2.22. The Bertz CT molecular complexity index is 1000. The summed E-state index contributed by atoms with van der Waals surface area (Å²) >= 11 is 1.27. The van der Waals surface area contributed by atoms with Gasteiger partial charge in [-0.3, -0.25) is 4.79 Å². The lowest BCUT2D eigenvalue weighted by molar-refractivity contribution is -0.113. The highest BCUT2D eigenvalue weighted by atomic mass is 32.2. The second kappa shape index (κ2) is 8.61. The summed E-state index contributed by atoms with van der Waals surface area (Å²) in [6.45, 7) is 4.46. The van der Waals surface area contributed by atoms with E-state index in [4.69, 9.17) is 0 Å². The highest BCUT2D eigenvalue weighted by Gasteiger charge is 2.51. The van der Waals surface area contributed by atoms with E-state index in [-0.39, 0.29) is 17.3 Å². The minimum atomic E-state index is -0.795. The van der Waals surface area contributed by atoms with Crippen LogP contribution in [0.4, 0.5) is 14.5 Å². The second-order valence-corrected chi connectivity index (χ2v) is 10.8. The first kappa shape index (κ1) is 21.6. The van der Waals surface area contributed by atoms with Crippen molar-refractivity contribution >= 4 is 23.4 Å². The molecule has 0 radical (unpaired) electrons. The molecule has 8 heteroatoms. The quantitative estimate of drug-likeness (QED) is 0.435. The van der Waals surface area contributed by atoms with Crippen LogP contribution in [-0.4, -0.2) is 26.4 Å². The van der Waals surface area contributed by atoms with E-state index in [0.29, 0.717) is 17.1 Å². The molecular weight excluding hydrogens is 430 g/mol. The number of hydrogen-bond donors (Lipinski definition) is 1. The smallest absolute Gasteiger partial charge is 0.234 e. The van der Waals surface area contributed by atoms with Crippen LogP contribution in [-0.2, 0) is 17.8 Å². The molecule has 4 saturated carbocycles. The third-order valence-corrected chi connectivity index (χ3v) is 8.31. The zero-order chi connectivity index (χ0) is 22.3. The van der Waals surface area contributed by atoms with Gasteiger partial charge in [-0.05, 0) is 73.8 Å². The molecule has 0 spiro atoms. The molecule has 1 N–H and O–H groups in total. The molecule has 0 aliphatic heterocycles. The Balaban J connectivity index is 1.26. The first-order chi connectivity index (χ1) is 15.4. The highest BCUT2D eigenvalue weighted by molar-refractivity contribution is 7.99. The monoisotopic (exact) mass is 458 g/mol. The van der Waals surface area contributed by atoms with E-state index in [0.717, 1.165) is 42.1 Å². The number of thioether (sulfide) groups is 1. The Morgan fingerprint density at radius 3 is 2.50 bits per heavy atom. The van der Waals surface area contributed by atoms with Crippen molar-refractivity contribution in [3.63, 3.8) is 0 Å². The maximum Gasteiger partial charge on any atom is 0.234 e. The third-order valence-electron chi connectivity index (χ3n) is 7.34. The van der Waals surface area contributed by atoms with E-state index in [9.17, 15) is 13.6 Å². The summed E-state index contributed by atoms with van der Waals surface area (Å²) in [5, 5.41) is 12.0. The van der Waals surface area contributed by atoms with Gasteiger partial charge in [-0.1, -0.05) is 17.8 Å². The van der Waals surface area contributed by atoms with Crippen LogP contribution in [0.1, 0.15) is 44.3 Å². The van der Waals surface area contributed by atoms with Crippen molar-refractivity contribution in [3.8, 4) is 0 Å². The molecule has 4 aliphatic rings. The Morgan fingerprint density at radius 1 is 1.19 bits per heavy atom. The average molecular weight is 459 g/mol. The molecule has 1 heterocycles. The van der Waals surface area contributed by atoms with Crippen LogP contribution in [0.5, 0.6) is 0 Å². The van der Waals surface area contributed by atoms with Gasteiger partial charge < -0.3 is 9.88 Å². The number of nitrogens with zero attached hydrogens (tertiary/aromatic N) is 3. The summed E-state index contributed by atoms with van der Waals surface area (Å²) < 4.78 is 28.9. The number of carbonyl (C=O) groups excluding carboxylic acids is 1. The second-order valence-electron chi connectivity index (χ2n) is 9.85. The fraction of sp³-hybridized carbons (Fsp3) is 0.542. The lowest BCUT2D eigenvalue weighted by Gasteiger charge is -2.56. The van der Waals surface area contributed by atoms with Gasteiger partial charge >= 0.3 is 0 Å². The largest absolute Gasteiger partial charge is 0.323 e. The highest BCUT2D eigenvalue weighted by Crippen LogP contribution is 2.61. The molecule has 4 aliphatic carbocycles. The van der Waals surface area contributed by atoms with Crippen molar-refractivity contribution in [1.82, 2.24) is 14.8 Å². The van der Waals surface area contributed by atoms with Crippen LogP contribution in [0.15, 0.2) is 36.0 Å². The van der Waals surface area contributed by atoms with Crippen LogP contribution < -0.4 is 5.32 Å². The third kappa shape index (κ3) is 4.34. The zero-order valence-corrected chi connectivity index (χ0v) is 18.8. The number of halogens is 2. The molecule has 0 atom stereocenters. The molecule has 1 amide bonds. The maximum absolute atomic E-state index is 13.8. The molecule has 1 aromatic carbocycles. The van der Waals surface area contributed by atoms with Gasteiger partial charge in [0.1, 0.15) is 17.5 Å². The Kier molecular flexibility index (Phi) is 5.82. The molecule has 1 aromatic heterocycles. The molecule has 0 saturated heterocycles. The first-order valence-corrected chi connectivity index (χ1v) is 12.3. The van der Waals surface area contributed by atoms with Crippen molar-refractivity contribution in [2.45, 2.75) is 56.6 Å². The van der Waals surface area contributed by atoms with Gasteiger partial charge in [0.25, 0.3) is 0 Å². The van der Waals surface area contributed by atoms with Crippen molar-refractivity contribution < 1.29 is 13.6 Å². The van der Waals surface area contributed by atoms with Gasteiger partial charge in [0.2, 0.25) is 5.91 Å². The van der Waals surface area contributed by atoms with Crippen LogP contribution in [0.25, 0.3) is 0 Å². The van der Waals surface area contributed by atoms with Crippen LogP contribution in [0.3, 0.4) is 0 Å². The topological polar surface area (TPSA) is 59.8 Å². The molecule has 5 nitrogen and oxygen atoms in total.